The van der Waals surface area contributed by atoms with Crippen molar-refractivity contribution in [3.63, 3.8) is 0 Å². The van der Waals surface area contributed by atoms with E-state index in [0.717, 1.165) is 12.1 Å². The fourth-order valence-electron chi connectivity index (χ4n) is 3.13. The minimum Gasteiger partial charge on any atom is -0.425 e. The molecular formula is C24H25NO5S. The molecule has 0 bridgehead atoms. The van der Waals surface area contributed by atoms with Gasteiger partial charge < -0.3 is 9.64 Å². The van der Waals surface area contributed by atoms with E-state index in [1.165, 1.54) is 29.8 Å². The van der Waals surface area contributed by atoms with Crippen molar-refractivity contribution < 1.29 is 22.5 Å². The predicted octanol–water partition coefficient (Wildman–Crippen LogP) is 5.19. The number of hydrogen-bond donors (Lipinski definition) is 1. The van der Waals surface area contributed by atoms with Gasteiger partial charge in [-0.25, -0.2) is 4.79 Å². The molecule has 6 nitrogen and oxygen atoms in total. The third-order valence-corrected chi connectivity index (χ3v) is 5.96. The molecule has 0 aromatic heterocycles. The summed E-state index contributed by atoms with van der Waals surface area (Å²) in [7, 11) is -4.30. The van der Waals surface area contributed by atoms with Gasteiger partial charge in [-0.05, 0) is 66.4 Å². The topological polar surface area (TPSA) is 83.9 Å². The Bertz CT molecular complexity index is 1110. The molecule has 0 fully saturated rings. The van der Waals surface area contributed by atoms with E-state index >= 15 is 0 Å². The third-order valence-electron chi connectivity index (χ3n) is 5.09. The zero-order valence-corrected chi connectivity index (χ0v) is 18.2. The number of anilines is 2. The molecule has 162 valence electrons. The predicted molar refractivity (Wildman–Crippen MR) is 120 cm³/mol. The van der Waals surface area contributed by atoms with Gasteiger partial charge in [-0.3, -0.25) is 4.55 Å². The van der Waals surface area contributed by atoms with E-state index in [9.17, 15) is 17.8 Å². The minimum absolute atomic E-state index is 0.0810. The number of carbonyl (C=O) groups excluding carboxylic acids is 1. The molecule has 0 saturated carbocycles. The van der Waals surface area contributed by atoms with Crippen molar-refractivity contribution in [3.05, 3.63) is 84.4 Å². The molecule has 3 rings (SSSR count). The van der Waals surface area contributed by atoms with E-state index in [-0.39, 0.29) is 11.4 Å². The second-order valence-corrected chi connectivity index (χ2v) is 8.66. The average molecular weight is 440 g/mol. The van der Waals surface area contributed by atoms with Gasteiger partial charge in [0.05, 0.1) is 4.90 Å². The lowest BCUT2D eigenvalue weighted by Crippen LogP contribution is -2.28. The van der Waals surface area contributed by atoms with Crippen LogP contribution in [0.3, 0.4) is 0 Å². The van der Waals surface area contributed by atoms with Gasteiger partial charge >= 0.3 is 5.97 Å². The second-order valence-electron chi connectivity index (χ2n) is 7.24. The Morgan fingerprint density at radius 2 is 1.52 bits per heavy atom. The average Bonchev–Trinajstić information content (AvgIpc) is 2.77. The smallest absolute Gasteiger partial charge is 0.331 e. The standard InChI is InChI=1S/C24H25NO5S/c1-3-18(2)19-9-13-22(14-10-19)30-24(26)17-25(20-7-5-4-6-8-20)21-11-15-23(16-12-21)31(27,28)29/h4-16,18H,3,17H2,1-2H3,(H,27,28,29). The van der Waals surface area contributed by atoms with Crippen LogP contribution >= 0.6 is 0 Å². The molecule has 0 radical (unpaired) electrons. The number of nitrogens with zero attached hydrogens (tertiary/aromatic N) is 1. The van der Waals surface area contributed by atoms with E-state index < -0.39 is 16.1 Å². The molecule has 0 heterocycles. The van der Waals surface area contributed by atoms with Crippen molar-refractivity contribution >= 4 is 27.5 Å². The van der Waals surface area contributed by atoms with E-state index in [4.69, 9.17) is 4.74 Å². The van der Waals surface area contributed by atoms with E-state index in [1.807, 2.05) is 42.5 Å². The Hall–Kier alpha value is -3.16. The summed E-state index contributed by atoms with van der Waals surface area (Å²) >= 11 is 0. The van der Waals surface area contributed by atoms with Gasteiger partial charge in [0, 0.05) is 11.4 Å². The Morgan fingerprint density at radius 3 is 2.06 bits per heavy atom. The van der Waals surface area contributed by atoms with Crippen molar-refractivity contribution in [1.82, 2.24) is 0 Å². The van der Waals surface area contributed by atoms with Crippen LogP contribution in [-0.2, 0) is 14.9 Å². The van der Waals surface area contributed by atoms with Gasteiger partial charge in [-0.1, -0.05) is 44.2 Å². The molecule has 0 amide bonds. The summed E-state index contributed by atoms with van der Waals surface area (Å²) in [6, 6.07) is 22.4. The summed E-state index contributed by atoms with van der Waals surface area (Å²) in [5.74, 6) is 0.440. The van der Waals surface area contributed by atoms with Crippen molar-refractivity contribution in [2.75, 3.05) is 11.4 Å². The van der Waals surface area contributed by atoms with Gasteiger partial charge in [0.2, 0.25) is 0 Å². The number of ether oxygens (including phenoxy) is 1. The highest BCUT2D eigenvalue weighted by Gasteiger charge is 2.17. The van der Waals surface area contributed by atoms with Crippen LogP contribution in [0.4, 0.5) is 11.4 Å². The zero-order valence-electron chi connectivity index (χ0n) is 17.4. The summed E-state index contributed by atoms with van der Waals surface area (Å²) in [6.07, 6.45) is 1.03. The number of para-hydroxylation sites is 1. The fourth-order valence-corrected chi connectivity index (χ4v) is 3.61. The quantitative estimate of drug-likeness (QED) is 0.295. The van der Waals surface area contributed by atoms with Gasteiger partial charge in [0.25, 0.3) is 10.1 Å². The highest BCUT2D eigenvalue weighted by Crippen LogP contribution is 2.27. The van der Waals surface area contributed by atoms with Crippen molar-refractivity contribution in [1.29, 1.82) is 0 Å². The number of rotatable bonds is 8. The first-order valence-electron chi connectivity index (χ1n) is 9.98. The molecule has 31 heavy (non-hydrogen) atoms. The molecule has 0 aliphatic heterocycles. The molecule has 0 aliphatic carbocycles. The first-order chi connectivity index (χ1) is 14.8. The van der Waals surface area contributed by atoms with Crippen LogP contribution in [0.1, 0.15) is 31.7 Å². The van der Waals surface area contributed by atoms with Crippen LogP contribution in [0, 0.1) is 0 Å². The summed E-state index contributed by atoms with van der Waals surface area (Å²) in [5, 5.41) is 0. The van der Waals surface area contributed by atoms with Gasteiger partial charge in [-0.15, -0.1) is 0 Å². The van der Waals surface area contributed by atoms with Gasteiger partial charge in [0.1, 0.15) is 12.3 Å². The zero-order chi connectivity index (χ0) is 22.4. The van der Waals surface area contributed by atoms with Crippen molar-refractivity contribution in [3.8, 4) is 5.75 Å². The van der Waals surface area contributed by atoms with Gasteiger partial charge in [-0.2, -0.15) is 8.42 Å². The summed E-state index contributed by atoms with van der Waals surface area (Å²) in [6.45, 7) is 4.19. The molecule has 3 aromatic rings. The lowest BCUT2D eigenvalue weighted by molar-refractivity contribution is -0.132. The molecule has 0 spiro atoms. The SMILES string of the molecule is CCC(C)c1ccc(OC(=O)CN(c2ccccc2)c2ccc(S(=O)(=O)O)cc2)cc1. The van der Waals surface area contributed by atoms with Crippen LogP contribution in [0.25, 0.3) is 0 Å². The van der Waals surface area contributed by atoms with Gasteiger partial charge in [0.15, 0.2) is 0 Å². The van der Waals surface area contributed by atoms with Crippen molar-refractivity contribution in [2.45, 2.75) is 31.1 Å². The summed E-state index contributed by atoms with van der Waals surface area (Å²) in [5.41, 5.74) is 2.51. The largest absolute Gasteiger partial charge is 0.425 e. The minimum atomic E-state index is -4.30. The molecule has 0 aliphatic rings. The highest BCUT2D eigenvalue weighted by molar-refractivity contribution is 7.85. The summed E-state index contributed by atoms with van der Waals surface area (Å²) < 4.78 is 37.4. The van der Waals surface area contributed by atoms with E-state index in [1.54, 1.807) is 17.0 Å². The van der Waals surface area contributed by atoms with Crippen LogP contribution in [0.15, 0.2) is 83.8 Å². The number of hydrogen-bond acceptors (Lipinski definition) is 5. The Labute approximate surface area is 182 Å². The maximum absolute atomic E-state index is 12.7. The van der Waals surface area contributed by atoms with Crippen LogP contribution < -0.4 is 9.64 Å². The Balaban J connectivity index is 1.80. The lowest BCUT2D eigenvalue weighted by atomic mass is 9.99. The highest BCUT2D eigenvalue weighted by atomic mass is 32.2. The lowest BCUT2D eigenvalue weighted by Gasteiger charge is -2.24. The summed E-state index contributed by atoms with van der Waals surface area (Å²) in [4.78, 5) is 14.2. The Kier molecular flexibility index (Phi) is 7.09. The first kappa shape index (κ1) is 22.5. The molecule has 1 atom stereocenters. The first-order valence-corrected chi connectivity index (χ1v) is 11.4. The van der Waals surface area contributed by atoms with Crippen LogP contribution in [0.5, 0.6) is 5.75 Å². The molecule has 1 N–H and O–H groups in total. The number of benzene rings is 3. The third kappa shape index (κ3) is 5.93. The molecule has 0 saturated heterocycles. The van der Waals surface area contributed by atoms with Crippen LogP contribution in [0.2, 0.25) is 0 Å². The maximum atomic E-state index is 12.7. The van der Waals surface area contributed by atoms with E-state index in [0.29, 0.717) is 17.4 Å². The maximum Gasteiger partial charge on any atom is 0.331 e. The van der Waals surface area contributed by atoms with E-state index in [2.05, 4.69) is 13.8 Å². The monoisotopic (exact) mass is 439 g/mol. The fraction of sp³-hybridized carbons (Fsp3) is 0.208. The molecule has 1 unspecified atom stereocenters. The van der Waals surface area contributed by atoms with Crippen LogP contribution in [-0.4, -0.2) is 25.5 Å². The number of esters is 1. The second kappa shape index (κ2) is 9.76. The molecule has 3 aromatic carbocycles. The van der Waals surface area contributed by atoms with Crippen molar-refractivity contribution in [2.24, 2.45) is 0 Å². The number of carbonyl (C=O) groups is 1. The normalized spacial score (nSPS) is 12.2. The molecule has 7 heteroatoms. The molecular weight excluding hydrogens is 414 g/mol. The Morgan fingerprint density at radius 1 is 0.935 bits per heavy atom.